The van der Waals surface area contributed by atoms with E-state index in [0.29, 0.717) is 6.54 Å². The zero-order chi connectivity index (χ0) is 11.8. The van der Waals surface area contributed by atoms with Crippen molar-refractivity contribution in [3.8, 4) is 6.07 Å². The molecule has 0 spiro atoms. The number of nitriles is 1. The molecule has 0 heterocycles. The minimum absolute atomic E-state index is 0.132. The van der Waals surface area contributed by atoms with E-state index in [2.05, 4.69) is 16.7 Å². The van der Waals surface area contributed by atoms with E-state index >= 15 is 0 Å². The van der Waals surface area contributed by atoms with Crippen LogP contribution >= 0.6 is 0 Å². The number of carbonyl (C=O) groups is 1. The lowest BCUT2D eigenvalue weighted by molar-refractivity contribution is -0.120. The van der Waals surface area contributed by atoms with Crippen molar-refractivity contribution >= 4 is 5.91 Å². The molecule has 1 rings (SSSR count). The van der Waals surface area contributed by atoms with Gasteiger partial charge in [0.05, 0.1) is 12.5 Å². The number of nitrogens with one attached hydrogen (secondary N) is 2. The molecule has 0 saturated carbocycles. The molecule has 0 aromatic heterocycles. The molecule has 0 fully saturated rings. The molecule has 1 aromatic rings. The minimum Gasteiger partial charge on any atom is -0.359 e. The van der Waals surface area contributed by atoms with Gasteiger partial charge in [0.15, 0.2) is 0 Å². The van der Waals surface area contributed by atoms with Gasteiger partial charge in [-0.05, 0) is 5.56 Å². The van der Waals surface area contributed by atoms with Gasteiger partial charge in [0, 0.05) is 13.6 Å². The van der Waals surface area contributed by atoms with E-state index in [9.17, 15) is 4.79 Å². The topological polar surface area (TPSA) is 64.9 Å². The summed E-state index contributed by atoms with van der Waals surface area (Å²) in [6.07, 6.45) is 0.180. The van der Waals surface area contributed by atoms with Crippen molar-refractivity contribution < 1.29 is 4.79 Å². The first-order chi connectivity index (χ1) is 7.76. The van der Waals surface area contributed by atoms with Crippen LogP contribution in [-0.2, 0) is 11.3 Å². The second kappa shape index (κ2) is 6.59. The standard InChI is InChI=1S/C12H15N3O/c1-14-12(16)7-11(8-13)15-9-10-5-3-2-4-6-10/h2-6,11,15H,7,9H2,1H3,(H,14,16). The lowest BCUT2D eigenvalue weighted by atomic mass is 10.2. The maximum absolute atomic E-state index is 11.1. The Morgan fingerprint density at radius 3 is 2.69 bits per heavy atom. The summed E-state index contributed by atoms with van der Waals surface area (Å²) in [5.41, 5.74) is 1.10. The van der Waals surface area contributed by atoms with Gasteiger partial charge >= 0.3 is 0 Å². The Kier molecular flexibility index (Phi) is 5.03. The van der Waals surface area contributed by atoms with E-state index in [0.717, 1.165) is 5.56 Å². The van der Waals surface area contributed by atoms with E-state index in [1.54, 1.807) is 7.05 Å². The van der Waals surface area contributed by atoms with Crippen LogP contribution in [0.15, 0.2) is 30.3 Å². The summed E-state index contributed by atoms with van der Waals surface area (Å²) in [6.45, 7) is 0.593. The molecular formula is C12H15N3O. The van der Waals surface area contributed by atoms with Crippen LogP contribution in [0.3, 0.4) is 0 Å². The number of rotatable bonds is 5. The van der Waals surface area contributed by atoms with Gasteiger partial charge in [0.1, 0.15) is 6.04 Å². The monoisotopic (exact) mass is 217 g/mol. The number of carbonyl (C=O) groups excluding carboxylic acids is 1. The first-order valence-electron chi connectivity index (χ1n) is 5.13. The molecule has 1 atom stereocenters. The smallest absolute Gasteiger partial charge is 0.222 e. The van der Waals surface area contributed by atoms with Crippen molar-refractivity contribution in [1.82, 2.24) is 10.6 Å². The summed E-state index contributed by atoms with van der Waals surface area (Å²) >= 11 is 0. The highest BCUT2D eigenvalue weighted by molar-refractivity contribution is 5.76. The normalized spacial score (nSPS) is 11.5. The summed E-state index contributed by atoms with van der Waals surface area (Å²) in [4.78, 5) is 11.1. The predicted molar refractivity (Wildman–Crippen MR) is 61.4 cm³/mol. The highest BCUT2D eigenvalue weighted by atomic mass is 16.1. The van der Waals surface area contributed by atoms with E-state index < -0.39 is 6.04 Å². The molecule has 4 nitrogen and oxygen atoms in total. The van der Waals surface area contributed by atoms with Gasteiger partial charge in [0.2, 0.25) is 5.91 Å². The number of benzene rings is 1. The van der Waals surface area contributed by atoms with Gasteiger partial charge in [0.25, 0.3) is 0 Å². The third-order valence-electron chi connectivity index (χ3n) is 2.22. The summed E-state index contributed by atoms with van der Waals surface area (Å²) < 4.78 is 0. The third kappa shape index (κ3) is 4.11. The summed E-state index contributed by atoms with van der Waals surface area (Å²) in [5.74, 6) is -0.132. The lowest BCUT2D eigenvalue weighted by Crippen LogP contribution is -2.33. The van der Waals surface area contributed by atoms with Crippen molar-refractivity contribution in [2.45, 2.75) is 19.0 Å². The highest BCUT2D eigenvalue weighted by Crippen LogP contribution is 1.99. The Hall–Kier alpha value is -1.86. The van der Waals surface area contributed by atoms with Crippen molar-refractivity contribution in [3.63, 3.8) is 0 Å². The first-order valence-corrected chi connectivity index (χ1v) is 5.13. The number of hydrogen-bond donors (Lipinski definition) is 2. The molecule has 0 bridgehead atoms. The Bertz CT molecular complexity index is 370. The van der Waals surface area contributed by atoms with E-state index in [1.807, 2.05) is 30.3 Å². The van der Waals surface area contributed by atoms with Crippen molar-refractivity contribution in [3.05, 3.63) is 35.9 Å². The third-order valence-corrected chi connectivity index (χ3v) is 2.22. The fourth-order valence-electron chi connectivity index (χ4n) is 1.29. The molecule has 1 amide bonds. The molecule has 0 saturated heterocycles. The fourth-order valence-corrected chi connectivity index (χ4v) is 1.29. The Labute approximate surface area is 95.3 Å². The SMILES string of the molecule is CNC(=O)CC(C#N)NCc1ccccc1. The Morgan fingerprint density at radius 1 is 1.44 bits per heavy atom. The van der Waals surface area contributed by atoms with Crippen LogP contribution in [0.2, 0.25) is 0 Å². The van der Waals surface area contributed by atoms with Gasteiger partial charge in [-0.3, -0.25) is 10.1 Å². The van der Waals surface area contributed by atoms with Gasteiger partial charge in [-0.1, -0.05) is 30.3 Å². The summed E-state index contributed by atoms with van der Waals surface area (Å²) in [6, 6.07) is 11.4. The molecular weight excluding hydrogens is 202 g/mol. The van der Waals surface area contributed by atoms with Crippen LogP contribution < -0.4 is 10.6 Å². The second-order valence-electron chi connectivity index (χ2n) is 3.43. The summed E-state index contributed by atoms with van der Waals surface area (Å²) in [5, 5.41) is 14.4. The van der Waals surface area contributed by atoms with Gasteiger partial charge in [-0.2, -0.15) is 5.26 Å². The van der Waals surface area contributed by atoms with Gasteiger partial charge < -0.3 is 5.32 Å². The molecule has 1 unspecified atom stereocenters. The quantitative estimate of drug-likeness (QED) is 0.767. The summed E-state index contributed by atoms with van der Waals surface area (Å²) in [7, 11) is 1.56. The van der Waals surface area contributed by atoms with Crippen molar-refractivity contribution in [2.75, 3.05) is 7.05 Å². The molecule has 0 aliphatic rings. The molecule has 0 aliphatic heterocycles. The second-order valence-corrected chi connectivity index (χ2v) is 3.43. The maximum atomic E-state index is 11.1. The predicted octanol–water partition coefficient (Wildman–Crippen LogP) is 0.804. The lowest BCUT2D eigenvalue weighted by Gasteiger charge is -2.10. The van der Waals surface area contributed by atoms with Crippen LogP contribution in [-0.4, -0.2) is 19.0 Å². The zero-order valence-electron chi connectivity index (χ0n) is 9.23. The van der Waals surface area contributed by atoms with Crippen molar-refractivity contribution in [1.29, 1.82) is 5.26 Å². The van der Waals surface area contributed by atoms with Gasteiger partial charge in [-0.25, -0.2) is 0 Å². The molecule has 16 heavy (non-hydrogen) atoms. The molecule has 0 radical (unpaired) electrons. The molecule has 0 aliphatic carbocycles. The van der Waals surface area contributed by atoms with Crippen LogP contribution in [0.4, 0.5) is 0 Å². The highest BCUT2D eigenvalue weighted by Gasteiger charge is 2.10. The fraction of sp³-hybridized carbons (Fsp3) is 0.333. The Morgan fingerprint density at radius 2 is 2.12 bits per heavy atom. The zero-order valence-corrected chi connectivity index (χ0v) is 9.23. The maximum Gasteiger partial charge on any atom is 0.222 e. The molecule has 1 aromatic carbocycles. The van der Waals surface area contributed by atoms with Crippen molar-refractivity contribution in [2.24, 2.45) is 0 Å². The van der Waals surface area contributed by atoms with Crippen LogP contribution in [0, 0.1) is 11.3 Å². The Balaban J connectivity index is 2.41. The number of hydrogen-bond acceptors (Lipinski definition) is 3. The van der Waals surface area contributed by atoms with Crippen LogP contribution in [0.1, 0.15) is 12.0 Å². The molecule has 4 heteroatoms. The average molecular weight is 217 g/mol. The first kappa shape index (κ1) is 12.2. The van der Waals surface area contributed by atoms with E-state index in [-0.39, 0.29) is 12.3 Å². The number of nitrogens with zero attached hydrogens (tertiary/aromatic N) is 1. The van der Waals surface area contributed by atoms with E-state index in [4.69, 9.17) is 5.26 Å². The molecule has 2 N–H and O–H groups in total. The molecule has 84 valence electrons. The van der Waals surface area contributed by atoms with Gasteiger partial charge in [-0.15, -0.1) is 0 Å². The van der Waals surface area contributed by atoms with Crippen LogP contribution in [0.5, 0.6) is 0 Å². The average Bonchev–Trinajstić information content (AvgIpc) is 2.35. The van der Waals surface area contributed by atoms with Crippen LogP contribution in [0.25, 0.3) is 0 Å². The minimum atomic E-state index is -0.444. The van der Waals surface area contributed by atoms with E-state index in [1.165, 1.54) is 0 Å². The largest absolute Gasteiger partial charge is 0.359 e. The number of amides is 1.